The van der Waals surface area contributed by atoms with E-state index in [1.165, 1.54) is 38.3 Å². The molecule has 5 rings (SSSR count). The predicted octanol–water partition coefficient (Wildman–Crippen LogP) is 5.48. The summed E-state index contributed by atoms with van der Waals surface area (Å²) < 4.78 is 0. The number of fused-ring (bicyclic) bond motifs is 1. The van der Waals surface area contributed by atoms with Crippen molar-refractivity contribution in [2.45, 2.75) is 46.1 Å². The summed E-state index contributed by atoms with van der Waals surface area (Å²) in [5.41, 5.74) is 9.05. The molecule has 2 aliphatic rings. The summed E-state index contributed by atoms with van der Waals surface area (Å²) in [6, 6.07) is 16.0. The maximum atomic E-state index is 12.6. The maximum Gasteiger partial charge on any atom is 0.236 e. The quantitative estimate of drug-likeness (QED) is 0.387. The number of rotatable bonds is 9. The lowest BCUT2D eigenvalue weighted by Gasteiger charge is -2.29. The molecule has 1 atom stereocenters. The first-order valence-electron chi connectivity index (χ1n) is 14.1. The van der Waals surface area contributed by atoms with Crippen LogP contribution in [0.15, 0.2) is 48.5 Å². The molecule has 206 valence electrons. The second-order valence-electron chi connectivity index (χ2n) is 10.8. The molecule has 0 radical (unpaired) electrons. The van der Waals surface area contributed by atoms with E-state index in [-0.39, 0.29) is 12.5 Å². The number of aryl methyl sites for hydroxylation is 3. The Morgan fingerprint density at radius 3 is 2.59 bits per heavy atom. The molecule has 0 saturated carbocycles. The Bertz CT molecular complexity index is 1350. The fourth-order valence-electron chi connectivity index (χ4n) is 5.82. The molecule has 0 saturated heterocycles. The van der Waals surface area contributed by atoms with Gasteiger partial charge in [-0.15, -0.1) is 11.3 Å². The molecule has 1 amide bonds. The molecule has 3 aromatic rings. The Balaban J connectivity index is 1.29. The van der Waals surface area contributed by atoms with Gasteiger partial charge in [-0.1, -0.05) is 48.0 Å². The Morgan fingerprint density at radius 1 is 1.13 bits per heavy atom. The number of carbonyl (C=O) groups excluding carboxylic acids is 1. The number of amides is 1. The molecule has 1 unspecified atom stereocenters. The van der Waals surface area contributed by atoms with Crippen molar-refractivity contribution in [3.63, 3.8) is 0 Å². The molecular weight excluding hydrogens is 504 g/mol. The first-order valence-corrected chi connectivity index (χ1v) is 14.9. The van der Waals surface area contributed by atoms with Crippen molar-refractivity contribution in [2.24, 2.45) is 0 Å². The van der Waals surface area contributed by atoms with E-state index in [4.69, 9.17) is 4.98 Å². The van der Waals surface area contributed by atoms with E-state index < -0.39 is 0 Å². The standard InChI is InChI=1S/C32H40N4O2S/c1-5-36(18-19-37)30(38)21-35-16-14-24(15-17-35)27-11-10-25-12-13-29(28(25)20-27)34(4)32-33-31(23(3)39-32)26-8-6-22(2)7-9-26/h6-11,14,20,29,37H,5,12-13,15-19,21H2,1-4H3. The number of anilines is 1. The normalized spacial score (nSPS) is 17.2. The first kappa shape index (κ1) is 27.6. The van der Waals surface area contributed by atoms with E-state index >= 15 is 0 Å². The zero-order valence-corrected chi connectivity index (χ0v) is 24.4. The zero-order valence-electron chi connectivity index (χ0n) is 23.6. The highest BCUT2D eigenvalue weighted by Crippen LogP contribution is 2.42. The number of aliphatic hydroxyl groups is 1. The smallest absolute Gasteiger partial charge is 0.236 e. The van der Waals surface area contributed by atoms with Crippen molar-refractivity contribution in [2.75, 3.05) is 51.3 Å². The van der Waals surface area contributed by atoms with Crippen LogP contribution in [0.4, 0.5) is 5.13 Å². The van der Waals surface area contributed by atoms with Gasteiger partial charge in [-0.25, -0.2) is 4.98 Å². The average Bonchev–Trinajstić information content (AvgIpc) is 3.55. The van der Waals surface area contributed by atoms with Crippen LogP contribution >= 0.6 is 11.3 Å². The molecule has 39 heavy (non-hydrogen) atoms. The third-order valence-electron chi connectivity index (χ3n) is 8.20. The number of benzene rings is 2. The molecule has 1 aliphatic carbocycles. The topological polar surface area (TPSA) is 59.9 Å². The number of hydrogen-bond acceptors (Lipinski definition) is 6. The van der Waals surface area contributed by atoms with E-state index in [1.807, 2.05) is 6.92 Å². The van der Waals surface area contributed by atoms with Gasteiger partial charge in [-0.3, -0.25) is 9.69 Å². The van der Waals surface area contributed by atoms with Crippen molar-refractivity contribution >= 4 is 27.9 Å². The van der Waals surface area contributed by atoms with Crippen LogP contribution in [0.1, 0.15) is 52.9 Å². The number of hydrogen-bond donors (Lipinski definition) is 1. The lowest BCUT2D eigenvalue weighted by Crippen LogP contribution is -2.42. The molecule has 0 bridgehead atoms. The molecule has 1 aliphatic heterocycles. The van der Waals surface area contributed by atoms with Gasteiger partial charge in [0.05, 0.1) is 24.9 Å². The van der Waals surface area contributed by atoms with Gasteiger partial charge in [0.15, 0.2) is 5.13 Å². The minimum atomic E-state index is 0.00814. The van der Waals surface area contributed by atoms with Crippen molar-refractivity contribution in [1.29, 1.82) is 0 Å². The van der Waals surface area contributed by atoms with Crippen LogP contribution in [-0.2, 0) is 11.2 Å². The molecule has 6 nitrogen and oxygen atoms in total. The van der Waals surface area contributed by atoms with Crippen LogP contribution in [0.2, 0.25) is 0 Å². The molecule has 0 fully saturated rings. The van der Waals surface area contributed by atoms with E-state index in [0.29, 0.717) is 25.7 Å². The van der Waals surface area contributed by atoms with E-state index in [9.17, 15) is 9.90 Å². The highest BCUT2D eigenvalue weighted by Gasteiger charge is 2.29. The van der Waals surface area contributed by atoms with Gasteiger partial charge in [0, 0.05) is 43.7 Å². The molecule has 1 N–H and O–H groups in total. The van der Waals surface area contributed by atoms with E-state index in [0.717, 1.165) is 43.2 Å². The van der Waals surface area contributed by atoms with E-state index in [1.54, 1.807) is 16.2 Å². The monoisotopic (exact) mass is 544 g/mol. The fraction of sp³-hybridized carbons (Fsp3) is 0.438. The summed E-state index contributed by atoms with van der Waals surface area (Å²) in [6.07, 6.45) is 5.41. The number of aromatic nitrogens is 1. The first-order chi connectivity index (χ1) is 18.9. The Morgan fingerprint density at radius 2 is 1.90 bits per heavy atom. The second kappa shape index (κ2) is 12.0. The van der Waals surface area contributed by atoms with Gasteiger partial charge >= 0.3 is 0 Å². The highest BCUT2D eigenvalue weighted by atomic mass is 32.1. The number of aliphatic hydroxyl groups excluding tert-OH is 1. The van der Waals surface area contributed by atoms with E-state index in [2.05, 4.69) is 79.2 Å². The number of nitrogens with zero attached hydrogens (tertiary/aromatic N) is 4. The Hall–Kier alpha value is -3.00. The van der Waals surface area contributed by atoms with Crippen LogP contribution < -0.4 is 4.90 Å². The van der Waals surface area contributed by atoms with Gasteiger partial charge in [0.25, 0.3) is 0 Å². The lowest BCUT2D eigenvalue weighted by atomic mass is 9.95. The predicted molar refractivity (Wildman–Crippen MR) is 161 cm³/mol. The van der Waals surface area contributed by atoms with Crippen molar-refractivity contribution < 1.29 is 9.90 Å². The summed E-state index contributed by atoms with van der Waals surface area (Å²) in [4.78, 5) is 25.2. The molecule has 1 aromatic heterocycles. The minimum absolute atomic E-state index is 0.00814. The summed E-state index contributed by atoms with van der Waals surface area (Å²) in [6.45, 7) is 9.34. The summed E-state index contributed by atoms with van der Waals surface area (Å²) in [7, 11) is 2.19. The fourth-order valence-corrected chi connectivity index (χ4v) is 6.76. The number of likely N-dealkylation sites (N-methyl/N-ethyl adjacent to an activating group) is 1. The number of thiazole rings is 1. The maximum absolute atomic E-state index is 12.6. The molecule has 2 aromatic carbocycles. The van der Waals surface area contributed by atoms with Gasteiger partial charge in [-0.2, -0.15) is 0 Å². The van der Waals surface area contributed by atoms with Crippen molar-refractivity contribution in [3.8, 4) is 11.3 Å². The summed E-state index contributed by atoms with van der Waals surface area (Å²) in [5.74, 6) is 0.0924. The van der Waals surface area contributed by atoms with Crippen molar-refractivity contribution in [1.82, 2.24) is 14.8 Å². The van der Waals surface area contributed by atoms with Gasteiger partial charge < -0.3 is 14.9 Å². The third kappa shape index (κ3) is 5.96. The number of carbonyl (C=O) groups is 1. The highest BCUT2D eigenvalue weighted by molar-refractivity contribution is 7.16. The van der Waals surface area contributed by atoms with Crippen LogP contribution in [0.3, 0.4) is 0 Å². The van der Waals surface area contributed by atoms with Gasteiger partial charge in [-0.05, 0) is 68.4 Å². The second-order valence-corrected chi connectivity index (χ2v) is 11.9. The zero-order chi connectivity index (χ0) is 27.5. The van der Waals surface area contributed by atoms with Crippen LogP contribution in [0, 0.1) is 13.8 Å². The molecular formula is C32H40N4O2S. The molecule has 7 heteroatoms. The van der Waals surface area contributed by atoms with Crippen LogP contribution in [0.25, 0.3) is 16.8 Å². The Labute approximate surface area is 236 Å². The SMILES string of the molecule is CCN(CCO)C(=O)CN1CC=C(c2ccc3c(c2)C(N(C)c2nc(-c4ccc(C)cc4)c(C)s2)CC3)CC1. The Kier molecular flexibility index (Phi) is 8.50. The van der Waals surface area contributed by atoms with Crippen molar-refractivity contribution in [3.05, 3.63) is 75.7 Å². The summed E-state index contributed by atoms with van der Waals surface area (Å²) >= 11 is 1.78. The molecule has 0 spiro atoms. The minimum Gasteiger partial charge on any atom is -0.395 e. The lowest BCUT2D eigenvalue weighted by molar-refractivity contribution is -0.132. The average molecular weight is 545 g/mol. The third-order valence-corrected chi connectivity index (χ3v) is 9.26. The largest absolute Gasteiger partial charge is 0.395 e. The van der Waals surface area contributed by atoms with Crippen LogP contribution in [-0.4, -0.2) is 72.2 Å². The van der Waals surface area contributed by atoms with Crippen LogP contribution in [0.5, 0.6) is 0 Å². The summed E-state index contributed by atoms with van der Waals surface area (Å²) in [5, 5.41) is 10.3. The molecule has 2 heterocycles. The van der Waals surface area contributed by atoms with Gasteiger partial charge in [0.2, 0.25) is 5.91 Å². The van der Waals surface area contributed by atoms with Gasteiger partial charge in [0.1, 0.15) is 0 Å².